The van der Waals surface area contributed by atoms with Gasteiger partial charge in [0, 0.05) is 25.1 Å². The maximum atomic E-state index is 13.1. The van der Waals surface area contributed by atoms with Crippen molar-refractivity contribution in [3.8, 4) is 0 Å². The average molecular weight is 428 g/mol. The van der Waals surface area contributed by atoms with Gasteiger partial charge in [0.1, 0.15) is 6.10 Å². The first kappa shape index (κ1) is 20.3. The lowest BCUT2D eigenvalue weighted by atomic mass is 9.93. The maximum Gasteiger partial charge on any atom is 0.339 e. The number of carbonyl (C=O) groups excluding carboxylic acids is 2. The van der Waals surface area contributed by atoms with Crippen LogP contribution >= 0.6 is 0 Å². The highest BCUT2D eigenvalue weighted by Crippen LogP contribution is 2.32. The Morgan fingerprint density at radius 3 is 2.50 bits per heavy atom. The molecule has 162 valence electrons. The van der Waals surface area contributed by atoms with Crippen LogP contribution in [0.25, 0.3) is 0 Å². The number of hydrogen-bond acceptors (Lipinski definition) is 5. The molecule has 1 amide bonds. The fourth-order valence-corrected chi connectivity index (χ4v) is 4.24. The van der Waals surface area contributed by atoms with E-state index in [4.69, 9.17) is 9.47 Å². The van der Waals surface area contributed by atoms with Crippen LogP contribution in [0.15, 0.2) is 72.8 Å². The monoisotopic (exact) mass is 428 g/mol. The van der Waals surface area contributed by atoms with Crippen LogP contribution in [0.2, 0.25) is 0 Å². The van der Waals surface area contributed by atoms with E-state index < -0.39 is 0 Å². The molecule has 32 heavy (non-hydrogen) atoms. The highest BCUT2D eigenvalue weighted by Gasteiger charge is 2.28. The molecule has 0 unspecified atom stereocenters. The van der Waals surface area contributed by atoms with Crippen molar-refractivity contribution >= 4 is 23.3 Å². The Hall–Kier alpha value is -3.64. The number of fused-ring (bicyclic) bond motifs is 1. The quantitative estimate of drug-likeness (QED) is 0.630. The summed E-state index contributed by atoms with van der Waals surface area (Å²) in [6, 6.07) is 22.6. The number of carbonyl (C=O) groups is 2. The molecule has 6 heteroatoms. The number of ether oxygens (including phenoxy) is 2. The lowest BCUT2D eigenvalue weighted by molar-refractivity contribution is 0.0252. The lowest BCUT2D eigenvalue weighted by Crippen LogP contribution is -2.36. The molecule has 1 N–H and O–H groups in total. The minimum Gasteiger partial charge on any atom is -0.454 e. The Labute approximate surface area is 186 Å². The van der Waals surface area contributed by atoms with Crippen LogP contribution in [-0.2, 0) is 15.9 Å². The van der Waals surface area contributed by atoms with E-state index in [0.29, 0.717) is 30.8 Å². The van der Waals surface area contributed by atoms with E-state index in [0.717, 1.165) is 35.6 Å². The smallest absolute Gasteiger partial charge is 0.339 e. The van der Waals surface area contributed by atoms with Crippen molar-refractivity contribution in [3.05, 3.63) is 95.1 Å². The molecule has 3 aromatic rings. The van der Waals surface area contributed by atoms with Crippen molar-refractivity contribution in [2.75, 3.05) is 36.5 Å². The zero-order valence-corrected chi connectivity index (χ0v) is 17.6. The van der Waals surface area contributed by atoms with Crippen molar-refractivity contribution in [2.24, 2.45) is 0 Å². The number of nitrogens with zero attached hydrogens (tertiary/aromatic N) is 1. The third kappa shape index (κ3) is 4.09. The number of hydrogen-bond donors (Lipinski definition) is 1. The van der Waals surface area contributed by atoms with Crippen LogP contribution in [0.4, 0.5) is 11.4 Å². The second-order valence-corrected chi connectivity index (χ2v) is 7.95. The van der Waals surface area contributed by atoms with E-state index in [1.54, 1.807) is 18.2 Å². The second-order valence-electron chi connectivity index (χ2n) is 7.95. The molecule has 6 nitrogen and oxygen atoms in total. The van der Waals surface area contributed by atoms with Gasteiger partial charge in [0.25, 0.3) is 5.91 Å². The van der Waals surface area contributed by atoms with Gasteiger partial charge >= 0.3 is 5.97 Å². The highest BCUT2D eigenvalue weighted by atomic mass is 16.5. The molecule has 0 saturated carbocycles. The van der Waals surface area contributed by atoms with Gasteiger partial charge in [0.15, 0.2) is 0 Å². The van der Waals surface area contributed by atoms with Gasteiger partial charge in [-0.05, 0) is 41.5 Å². The molecule has 0 spiro atoms. The first-order valence-electron chi connectivity index (χ1n) is 10.8. The number of cyclic esters (lactones) is 1. The fraction of sp³-hybridized carbons (Fsp3) is 0.231. The summed E-state index contributed by atoms with van der Waals surface area (Å²) >= 11 is 0. The molecular formula is C26H24N2O4. The summed E-state index contributed by atoms with van der Waals surface area (Å²) in [4.78, 5) is 27.8. The number of anilines is 2. The average Bonchev–Trinajstić information content (AvgIpc) is 2.85. The maximum absolute atomic E-state index is 13.1. The van der Waals surface area contributed by atoms with Crippen molar-refractivity contribution in [1.82, 2.24) is 0 Å². The summed E-state index contributed by atoms with van der Waals surface area (Å²) in [6.45, 7) is 2.92. The Balaban J connectivity index is 1.38. The van der Waals surface area contributed by atoms with E-state index in [1.165, 1.54) is 0 Å². The zero-order chi connectivity index (χ0) is 21.9. The molecule has 0 bridgehead atoms. The summed E-state index contributed by atoms with van der Waals surface area (Å²) in [5, 5.41) is 3.05. The van der Waals surface area contributed by atoms with Crippen LogP contribution in [-0.4, -0.2) is 38.2 Å². The Morgan fingerprint density at radius 1 is 0.938 bits per heavy atom. The first-order valence-corrected chi connectivity index (χ1v) is 10.8. The fourth-order valence-electron chi connectivity index (χ4n) is 4.24. The Kier molecular flexibility index (Phi) is 5.60. The zero-order valence-electron chi connectivity index (χ0n) is 17.6. The number of rotatable bonds is 4. The summed E-state index contributed by atoms with van der Waals surface area (Å²) in [5.41, 5.74) is 4.54. The molecule has 2 aliphatic heterocycles. The molecule has 1 fully saturated rings. The normalized spacial score (nSPS) is 17.9. The molecule has 5 rings (SSSR count). The van der Waals surface area contributed by atoms with E-state index in [-0.39, 0.29) is 18.0 Å². The summed E-state index contributed by atoms with van der Waals surface area (Å²) in [6.07, 6.45) is 0.188. The molecule has 1 saturated heterocycles. The molecule has 0 aliphatic carbocycles. The lowest BCUT2D eigenvalue weighted by Gasteiger charge is -2.30. The molecule has 2 heterocycles. The first-order chi connectivity index (χ1) is 15.7. The van der Waals surface area contributed by atoms with Crippen molar-refractivity contribution in [2.45, 2.75) is 12.5 Å². The van der Waals surface area contributed by atoms with Gasteiger partial charge in [-0.1, -0.05) is 42.5 Å². The van der Waals surface area contributed by atoms with Gasteiger partial charge in [0.05, 0.1) is 30.2 Å². The molecule has 0 aromatic heterocycles. The standard InChI is InChI=1S/C26H24N2O4/c29-25(27-22-8-4-5-9-23(22)28-12-14-31-15-13-28)19-10-11-21-20(16-19)17-24(32-26(21)30)18-6-2-1-3-7-18/h1-11,16,24H,12-15,17H2,(H,27,29)/t24-/m1/s1. The van der Waals surface area contributed by atoms with Crippen molar-refractivity contribution in [3.63, 3.8) is 0 Å². The number of morpholine rings is 1. The number of nitrogens with one attached hydrogen (secondary N) is 1. The van der Waals surface area contributed by atoms with E-state index in [1.807, 2.05) is 54.6 Å². The van der Waals surface area contributed by atoms with Crippen LogP contribution in [0.5, 0.6) is 0 Å². The number of amides is 1. The number of para-hydroxylation sites is 2. The molecule has 2 aliphatic rings. The van der Waals surface area contributed by atoms with Gasteiger partial charge in [0.2, 0.25) is 0 Å². The predicted octanol–water partition coefficient (Wildman–Crippen LogP) is 4.23. The molecule has 1 atom stereocenters. The summed E-state index contributed by atoms with van der Waals surface area (Å²) < 4.78 is 11.1. The minimum atomic E-state index is -0.357. The van der Waals surface area contributed by atoms with Crippen LogP contribution < -0.4 is 10.2 Å². The van der Waals surface area contributed by atoms with E-state index in [9.17, 15) is 9.59 Å². The van der Waals surface area contributed by atoms with Crippen LogP contribution in [0.3, 0.4) is 0 Å². The van der Waals surface area contributed by atoms with E-state index in [2.05, 4.69) is 10.2 Å². The van der Waals surface area contributed by atoms with Crippen molar-refractivity contribution < 1.29 is 19.1 Å². The molecule has 3 aromatic carbocycles. The Morgan fingerprint density at radius 2 is 1.69 bits per heavy atom. The van der Waals surface area contributed by atoms with Crippen LogP contribution in [0, 0.1) is 0 Å². The largest absolute Gasteiger partial charge is 0.454 e. The Bertz CT molecular complexity index is 1140. The molecule has 0 radical (unpaired) electrons. The van der Waals surface area contributed by atoms with Gasteiger partial charge in [-0.2, -0.15) is 0 Å². The van der Waals surface area contributed by atoms with Crippen LogP contribution in [0.1, 0.15) is 37.9 Å². The highest BCUT2D eigenvalue weighted by molar-refractivity contribution is 6.06. The summed E-state index contributed by atoms with van der Waals surface area (Å²) in [5.74, 6) is -0.562. The molecular weight excluding hydrogens is 404 g/mol. The predicted molar refractivity (Wildman–Crippen MR) is 122 cm³/mol. The number of benzene rings is 3. The van der Waals surface area contributed by atoms with Gasteiger partial charge in [-0.3, -0.25) is 4.79 Å². The third-order valence-electron chi connectivity index (χ3n) is 5.92. The van der Waals surface area contributed by atoms with Gasteiger partial charge in [-0.25, -0.2) is 4.79 Å². The summed E-state index contributed by atoms with van der Waals surface area (Å²) in [7, 11) is 0. The van der Waals surface area contributed by atoms with Gasteiger partial charge < -0.3 is 19.7 Å². The third-order valence-corrected chi connectivity index (χ3v) is 5.92. The second kappa shape index (κ2) is 8.85. The van der Waals surface area contributed by atoms with Gasteiger partial charge in [-0.15, -0.1) is 0 Å². The van der Waals surface area contributed by atoms with Crippen molar-refractivity contribution in [1.29, 1.82) is 0 Å². The minimum absolute atomic E-state index is 0.205. The number of esters is 1. The topological polar surface area (TPSA) is 67.9 Å². The van der Waals surface area contributed by atoms with E-state index >= 15 is 0 Å². The SMILES string of the molecule is O=C(Nc1ccccc1N1CCOCC1)c1ccc2c(c1)C[C@H](c1ccccc1)OC2=O.